The van der Waals surface area contributed by atoms with E-state index in [0.717, 1.165) is 18.1 Å². The molecule has 10 heteroatoms. The summed E-state index contributed by atoms with van der Waals surface area (Å²) < 4.78 is 38.6. The molecule has 2 aliphatic heterocycles. The van der Waals surface area contributed by atoms with Crippen LogP contribution in [-0.2, 0) is 15.8 Å². The van der Waals surface area contributed by atoms with Gasteiger partial charge in [0.1, 0.15) is 17.8 Å². The van der Waals surface area contributed by atoms with Crippen LogP contribution in [0, 0.1) is 5.92 Å². The molecule has 0 aliphatic carbocycles. The minimum absolute atomic E-state index is 0.0783. The first-order valence-electron chi connectivity index (χ1n) is 10.1. The van der Waals surface area contributed by atoms with E-state index in [2.05, 4.69) is 15.3 Å². The molecule has 1 aromatic carbocycles. The van der Waals surface area contributed by atoms with Gasteiger partial charge < -0.3 is 15.1 Å². The first-order valence-corrected chi connectivity index (χ1v) is 10.1. The monoisotopic (exact) mass is 433 g/mol. The van der Waals surface area contributed by atoms with Gasteiger partial charge in [0.2, 0.25) is 11.8 Å². The third-order valence-electron chi connectivity index (χ3n) is 5.67. The summed E-state index contributed by atoms with van der Waals surface area (Å²) in [5.41, 5.74) is -0.194. The molecule has 4 rings (SSSR count). The van der Waals surface area contributed by atoms with Gasteiger partial charge in [-0.25, -0.2) is 9.97 Å². The molecule has 0 saturated carbocycles. The Labute approximate surface area is 177 Å². The van der Waals surface area contributed by atoms with E-state index in [1.807, 2.05) is 30.3 Å². The summed E-state index contributed by atoms with van der Waals surface area (Å²) >= 11 is 0. The Morgan fingerprint density at radius 2 is 1.81 bits per heavy atom. The molecule has 0 bridgehead atoms. The molecule has 164 valence electrons. The smallest absolute Gasteiger partial charge is 0.356 e. The number of piperidine rings is 1. The van der Waals surface area contributed by atoms with E-state index in [9.17, 15) is 22.8 Å². The SMILES string of the molecule is O=C(NC1CCN(c2cc(C(F)(F)F)ncn2)CC1)[C@H]1CC(=O)N(c2ccccc2)C1. The predicted molar refractivity (Wildman–Crippen MR) is 107 cm³/mol. The summed E-state index contributed by atoms with van der Waals surface area (Å²) in [6, 6.07) is 10.1. The minimum Gasteiger partial charge on any atom is -0.356 e. The Hall–Kier alpha value is -3.17. The van der Waals surface area contributed by atoms with Crippen molar-refractivity contribution in [2.45, 2.75) is 31.5 Å². The van der Waals surface area contributed by atoms with Crippen LogP contribution in [-0.4, -0.2) is 47.5 Å². The van der Waals surface area contributed by atoms with Gasteiger partial charge in [0.15, 0.2) is 0 Å². The van der Waals surface area contributed by atoms with Crippen molar-refractivity contribution in [3.63, 3.8) is 0 Å². The second kappa shape index (κ2) is 8.52. The number of anilines is 2. The minimum atomic E-state index is -4.52. The van der Waals surface area contributed by atoms with E-state index in [1.165, 1.54) is 0 Å². The highest BCUT2D eigenvalue weighted by molar-refractivity contribution is 6.00. The molecular weight excluding hydrogens is 411 g/mol. The van der Waals surface area contributed by atoms with Gasteiger partial charge in [-0.15, -0.1) is 0 Å². The number of nitrogens with zero attached hydrogens (tertiary/aromatic N) is 4. The van der Waals surface area contributed by atoms with E-state index >= 15 is 0 Å². The number of aromatic nitrogens is 2. The number of hydrogen-bond acceptors (Lipinski definition) is 5. The molecule has 1 atom stereocenters. The first-order chi connectivity index (χ1) is 14.8. The lowest BCUT2D eigenvalue weighted by Crippen LogP contribution is -2.47. The Balaban J connectivity index is 1.30. The maximum absolute atomic E-state index is 12.9. The molecule has 0 unspecified atom stereocenters. The number of alkyl halides is 3. The second-order valence-electron chi connectivity index (χ2n) is 7.77. The second-order valence-corrected chi connectivity index (χ2v) is 7.77. The number of halogens is 3. The molecule has 1 aromatic heterocycles. The van der Waals surface area contributed by atoms with Crippen LogP contribution in [0.4, 0.5) is 24.7 Å². The van der Waals surface area contributed by atoms with Crippen molar-refractivity contribution in [1.29, 1.82) is 0 Å². The lowest BCUT2D eigenvalue weighted by molar-refractivity contribution is -0.141. The van der Waals surface area contributed by atoms with E-state index in [1.54, 1.807) is 9.80 Å². The number of nitrogens with one attached hydrogen (secondary N) is 1. The van der Waals surface area contributed by atoms with Crippen molar-refractivity contribution >= 4 is 23.3 Å². The molecular formula is C21H22F3N5O2. The summed E-state index contributed by atoms with van der Waals surface area (Å²) in [6.45, 7) is 1.28. The van der Waals surface area contributed by atoms with Gasteiger partial charge in [-0.1, -0.05) is 18.2 Å². The molecule has 31 heavy (non-hydrogen) atoms. The molecule has 0 spiro atoms. The average molecular weight is 433 g/mol. The van der Waals surface area contributed by atoms with Crippen LogP contribution in [0.3, 0.4) is 0 Å². The summed E-state index contributed by atoms with van der Waals surface area (Å²) in [7, 11) is 0. The topological polar surface area (TPSA) is 78.4 Å². The Morgan fingerprint density at radius 1 is 1.10 bits per heavy atom. The lowest BCUT2D eigenvalue weighted by Gasteiger charge is -2.33. The Bertz CT molecular complexity index is 946. The van der Waals surface area contributed by atoms with Gasteiger partial charge in [-0.2, -0.15) is 13.2 Å². The molecule has 0 radical (unpaired) electrons. The highest BCUT2D eigenvalue weighted by Crippen LogP contribution is 2.30. The largest absolute Gasteiger partial charge is 0.433 e. The number of hydrogen-bond donors (Lipinski definition) is 1. The normalized spacial score (nSPS) is 20.2. The van der Waals surface area contributed by atoms with Gasteiger partial charge in [-0.05, 0) is 25.0 Å². The zero-order valence-corrected chi connectivity index (χ0v) is 16.7. The van der Waals surface area contributed by atoms with Crippen molar-refractivity contribution in [3.8, 4) is 0 Å². The fraction of sp³-hybridized carbons (Fsp3) is 0.429. The number of benzene rings is 1. The van der Waals surface area contributed by atoms with Crippen molar-refractivity contribution in [1.82, 2.24) is 15.3 Å². The third-order valence-corrected chi connectivity index (χ3v) is 5.67. The number of amides is 2. The maximum Gasteiger partial charge on any atom is 0.433 e. The fourth-order valence-electron chi connectivity index (χ4n) is 3.99. The van der Waals surface area contributed by atoms with Crippen LogP contribution in [0.25, 0.3) is 0 Å². The van der Waals surface area contributed by atoms with Gasteiger partial charge in [0, 0.05) is 43.9 Å². The van der Waals surface area contributed by atoms with Crippen LogP contribution in [0.5, 0.6) is 0 Å². The fourth-order valence-corrected chi connectivity index (χ4v) is 3.99. The maximum atomic E-state index is 12.9. The highest BCUT2D eigenvalue weighted by Gasteiger charge is 2.36. The van der Waals surface area contributed by atoms with Crippen LogP contribution in [0.15, 0.2) is 42.7 Å². The molecule has 1 N–H and O–H groups in total. The van der Waals surface area contributed by atoms with E-state index in [-0.39, 0.29) is 30.1 Å². The van der Waals surface area contributed by atoms with E-state index in [0.29, 0.717) is 32.5 Å². The van der Waals surface area contributed by atoms with E-state index < -0.39 is 17.8 Å². The summed E-state index contributed by atoms with van der Waals surface area (Å²) in [6.07, 6.45) is -2.26. The summed E-state index contributed by atoms with van der Waals surface area (Å²) in [5, 5.41) is 3.00. The summed E-state index contributed by atoms with van der Waals surface area (Å²) in [4.78, 5) is 35.6. The van der Waals surface area contributed by atoms with Crippen molar-refractivity contribution in [2.24, 2.45) is 5.92 Å². The molecule has 2 amide bonds. The number of carbonyl (C=O) groups is 2. The zero-order chi connectivity index (χ0) is 22.0. The highest BCUT2D eigenvalue weighted by atomic mass is 19.4. The van der Waals surface area contributed by atoms with Gasteiger partial charge in [0.05, 0.1) is 5.92 Å². The molecule has 7 nitrogen and oxygen atoms in total. The average Bonchev–Trinajstić information content (AvgIpc) is 3.16. The quantitative estimate of drug-likeness (QED) is 0.802. The standard InChI is InChI=1S/C21H22F3N5O2/c22-21(23,24)17-11-18(26-13-25-17)28-8-6-15(7-9-28)27-20(31)14-10-19(30)29(12-14)16-4-2-1-3-5-16/h1-5,11,13-15H,6-10,12H2,(H,27,31)/t14-/m0/s1. The molecule has 2 saturated heterocycles. The van der Waals surface area contributed by atoms with Crippen molar-refractivity contribution in [2.75, 3.05) is 29.4 Å². The van der Waals surface area contributed by atoms with Gasteiger partial charge in [-0.3, -0.25) is 9.59 Å². The third kappa shape index (κ3) is 4.78. The Morgan fingerprint density at radius 3 is 2.48 bits per heavy atom. The predicted octanol–water partition coefficient (Wildman–Crippen LogP) is 2.63. The van der Waals surface area contributed by atoms with Crippen LogP contribution >= 0.6 is 0 Å². The molecule has 2 aliphatic rings. The lowest BCUT2D eigenvalue weighted by atomic mass is 10.0. The molecule has 2 aromatic rings. The van der Waals surface area contributed by atoms with Crippen LogP contribution in [0.1, 0.15) is 25.0 Å². The number of carbonyl (C=O) groups excluding carboxylic acids is 2. The van der Waals surface area contributed by atoms with Crippen LogP contribution < -0.4 is 15.1 Å². The van der Waals surface area contributed by atoms with Crippen molar-refractivity contribution in [3.05, 3.63) is 48.4 Å². The van der Waals surface area contributed by atoms with Crippen LogP contribution in [0.2, 0.25) is 0 Å². The van der Waals surface area contributed by atoms with Gasteiger partial charge >= 0.3 is 6.18 Å². The van der Waals surface area contributed by atoms with Crippen molar-refractivity contribution < 1.29 is 22.8 Å². The number of para-hydroxylation sites is 1. The van der Waals surface area contributed by atoms with E-state index in [4.69, 9.17) is 0 Å². The zero-order valence-electron chi connectivity index (χ0n) is 16.7. The molecule has 2 fully saturated rings. The molecule has 3 heterocycles. The number of rotatable bonds is 4. The Kier molecular flexibility index (Phi) is 5.79. The first kappa shape index (κ1) is 21.1. The van der Waals surface area contributed by atoms with Gasteiger partial charge in [0.25, 0.3) is 0 Å². The summed E-state index contributed by atoms with van der Waals surface area (Å²) in [5.74, 6) is -0.425.